The lowest BCUT2D eigenvalue weighted by atomic mass is 10.2. The van der Waals surface area contributed by atoms with Crippen LogP contribution in [0.2, 0.25) is 0 Å². The van der Waals surface area contributed by atoms with E-state index in [1.165, 1.54) is 6.26 Å². The second-order valence-corrected chi connectivity index (χ2v) is 6.82. The zero-order chi connectivity index (χ0) is 16.8. The van der Waals surface area contributed by atoms with Crippen molar-refractivity contribution in [2.24, 2.45) is 5.92 Å². The number of rotatable bonds is 7. The van der Waals surface area contributed by atoms with Crippen molar-refractivity contribution < 1.29 is 9.21 Å². The maximum absolute atomic E-state index is 12.2. The summed E-state index contributed by atoms with van der Waals surface area (Å²) in [6.45, 7) is 13.4. The molecule has 1 amide bonds. The molecule has 130 valence electrons. The second-order valence-electron chi connectivity index (χ2n) is 6.82. The van der Waals surface area contributed by atoms with Crippen LogP contribution in [0.4, 0.5) is 0 Å². The van der Waals surface area contributed by atoms with E-state index in [1.54, 1.807) is 11.9 Å². The molecule has 23 heavy (non-hydrogen) atoms. The highest BCUT2D eigenvalue weighted by Crippen LogP contribution is 2.11. The summed E-state index contributed by atoms with van der Waals surface area (Å²) in [5, 5.41) is 0. The molecular formula is C17H30N4O2. The minimum absolute atomic E-state index is 0.0661. The van der Waals surface area contributed by atoms with Crippen LogP contribution in [0.3, 0.4) is 0 Å². The minimum atomic E-state index is -0.0661. The molecule has 0 spiro atoms. The maximum atomic E-state index is 12.2. The molecule has 6 nitrogen and oxygen atoms in total. The van der Waals surface area contributed by atoms with E-state index in [4.69, 9.17) is 4.42 Å². The number of piperazine rings is 1. The molecule has 2 heterocycles. The van der Waals surface area contributed by atoms with E-state index in [2.05, 4.69) is 35.6 Å². The number of nitrogens with zero attached hydrogens (tertiary/aromatic N) is 4. The van der Waals surface area contributed by atoms with Gasteiger partial charge in [0.15, 0.2) is 5.69 Å². The molecule has 1 saturated heterocycles. The zero-order valence-electron chi connectivity index (χ0n) is 14.9. The fourth-order valence-electron chi connectivity index (χ4n) is 2.95. The van der Waals surface area contributed by atoms with Gasteiger partial charge < -0.3 is 14.2 Å². The van der Waals surface area contributed by atoms with Crippen molar-refractivity contribution in [2.45, 2.75) is 33.7 Å². The second kappa shape index (κ2) is 8.45. The topological polar surface area (TPSA) is 52.8 Å². The number of hydrogen-bond acceptors (Lipinski definition) is 5. The van der Waals surface area contributed by atoms with Crippen LogP contribution in [0, 0.1) is 5.92 Å². The number of amides is 1. The molecule has 0 atom stereocenters. The van der Waals surface area contributed by atoms with E-state index in [0.717, 1.165) is 45.7 Å². The number of oxazole rings is 1. The highest BCUT2D eigenvalue weighted by Gasteiger charge is 2.21. The third kappa shape index (κ3) is 5.32. The van der Waals surface area contributed by atoms with Crippen molar-refractivity contribution in [3.8, 4) is 0 Å². The van der Waals surface area contributed by atoms with Gasteiger partial charge in [0.1, 0.15) is 6.26 Å². The van der Waals surface area contributed by atoms with Crippen LogP contribution < -0.4 is 0 Å². The number of hydrogen-bond donors (Lipinski definition) is 0. The van der Waals surface area contributed by atoms with E-state index in [9.17, 15) is 4.79 Å². The molecule has 0 N–H and O–H groups in total. The van der Waals surface area contributed by atoms with Crippen molar-refractivity contribution in [3.05, 3.63) is 17.8 Å². The minimum Gasteiger partial charge on any atom is -0.447 e. The average molecular weight is 322 g/mol. The van der Waals surface area contributed by atoms with Gasteiger partial charge in [-0.2, -0.15) is 0 Å². The first kappa shape index (κ1) is 17.9. The molecule has 1 aliphatic rings. The van der Waals surface area contributed by atoms with Crippen molar-refractivity contribution in [1.82, 2.24) is 19.7 Å². The molecule has 0 saturated carbocycles. The van der Waals surface area contributed by atoms with Gasteiger partial charge in [-0.3, -0.25) is 9.69 Å². The molecular weight excluding hydrogens is 292 g/mol. The van der Waals surface area contributed by atoms with Crippen LogP contribution in [0.5, 0.6) is 0 Å². The van der Waals surface area contributed by atoms with Crippen LogP contribution in [-0.4, -0.2) is 71.9 Å². The van der Waals surface area contributed by atoms with Gasteiger partial charge in [-0.25, -0.2) is 4.98 Å². The van der Waals surface area contributed by atoms with Crippen molar-refractivity contribution in [3.63, 3.8) is 0 Å². The molecule has 0 bridgehead atoms. The van der Waals surface area contributed by atoms with Crippen LogP contribution in [-0.2, 0) is 6.54 Å². The van der Waals surface area contributed by atoms with Gasteiger partial charge in [-0.1, -0.05) is 20.8 Å². The smallest absolute Gasteiger partial charge is 0.275 e. The molecule has 1 aromatic heterocycles. The molecule has 0 radical (unpaired) electrons. The van der Waals surface area contributed by atoms with Gasteiger partial charge in [-0.05, 0) is 12.3 Å². The molecule has 1 fully saturated rings. The quantitative estimate of drug-likeness (QED) is 0.768. The SMILES string of the molecule is CCCN(C)C(=O)c1coc(CN2CCN(CC(C)C)CC2)n1. The number of carbonyl (C=O) groups is 1. The average Bonchev–Trinajstić information content (AvgIpc) is 2.96. The lowest BCUT2D eigenvalue weighted by molar-refractivity contribution is 0.0789. The molecule has 2 rings (SSSR count). The molecule has 0 aromatic carbocycles. The molecule has 1 aromatic rings. The standard InChI is InChI=1S/C17H30N4O2/c1-5-6-19(4)17(22)15-13-23-16(18-15)12-21-9-7-20(8-10-21)11-14(2)3/h13-14H,5-12H2,1-4H3. The summed E-state index contributed by atoms with van der Waals surface area (Å²) in [5.41, 5.74) is 0.411. The summed E-state index contributed by atoms with van der Waals surface area (Å²) in [4.78, 5) is 23.1. The van der Waals surface area contributed by atoms with Gasteiger partial charge in [0, 0.05) is 46.3 Å². The molecule has 6 heteroatoms. The Morgan fingerprint density at radius 1 is 1.30 bits per heavy atom. The third-order valence-electron chi connectivity index (χ3n) is 4.12. The first-order valence-corrected chi connectivity index (χ1v) is 8.64. The number of carbonyl (C=O) groups excluding carboxylic acids is 1. The predicted molar refractivity (Wildman–Crippen MR) is 90.3 cm³/mol. The van der Waals surface area contributed by atoms with E-state index >= 15 is 0 Å². The summed E-state index contributed by atoms with van der Waals surface area (Å²) >= 11 is 0. The highest BCUT2D eigenvalue weighted by molar-refractivity contribution is 5.91. The first-order chi connectivity index (χ1) is 11.0. The van der Waals surface area contributed by atoms with Crippen LogP contribution >= 0.6 is 0 Å². The monoisotopic (exact) mass is 322 g/mol. The van der Waals surface area contributed by atoms with Crippen LogP contribution in [0.15, 0.2) is 10.7 Å². The van der Waals surface area contributed by atoms with E-state index < -0.39 is 0 Å². The Hall–Kier alpha value is -1.40. The van der Waals surface area contributed by atoms with Crippen molar-refractivity contribution in [2.75, 3.05) is 46.3 Å². The maximum Gasteiger partial charge on any atom is 0.275 e. The fraction of sp³-hybridized carbons (Fsp3) is 0.765. The van der Waals surface area contributed by atoms with E-state index in [1.807, 2.05) is 0 Å². The molecule has 1 aliphatic heterocycles. The number of aromatic nitrogens is 1. The Labute approximate surface area is 139 Å². The van der Waals surface area contributed by atoms with Crippen molar-refractivity contribution in [1.29, 1.82) is 0 Å². The van der Waals surface area contributed by atoms with Gasteiger partial charge in [0.2, 0.25) is 5.89 Å². The normalized spacial score (nSPS) is 16.9. The Morgan fingerprint density at radius 3 is 2.57 bits per heavy atom. The van der Waals surface area contributed by atoms with Crippen LogP contribution in [0.25, 0.3) is 0 Å². The van der Waals surface area contributed by atoms with E-state index in [-0.39, 0.29) is 5.91 Å². The largest absolute Gasteiger partial charge is 0.447 e. The van der Waals surface area contributed by atoms with Gasteiger partial charge in [0.25, 0.3) is 5.91 Å². The summed E-state index contributed by atoms with van der Waals surface area (Å²) in [6.07, 6.45) is 2.42. The zero-order valence-corrected chi connectivity index (χ0v) is 14.9. The van der Waals surface area contributed by atoms with Gasteiger partial charge >= 0.3 is 0 Å². The van der Waals surface area contributed by atoms with Gasteiger partial charge in [-0.15, -0.1) is 0 Å². The predicted octanol–water partition coefficient (Wildman–Crippen LogP) is 1.93. The Morgan fingerprint density at radius 2 is 1.96 bits per heavy atom. The summed E-state index contributed by atoms with van der Waals surface area (Å²) in [5.74, 6) is 1.28. The summed E-state index contributed by atoms with van der Waals surface area (Å²) in [6, 6.07) is 0. The van der Waals surface area contributed by atoms with Gasteiger partial charge in [0.05, 0.1) is 6.54 Å². The first-order valence-electron chi connectivity index (χ1n) is 8.64. The van der Waals surface area contributed by atoms with Crippen molar-refractivity contribution >= 4 is 5.91 Å². The fourth-order valence-corrected chi connectivity index (χ4v) is 2.95. The Bertz CT molecular complexity index is 493. The lowest BCUT2D eigenvalue weighted by Gasteiger charge is -2.34. The Balaban J connectivity index is 1.82. The van der Waals surface area contributed by atoms with Crippen LogP contribution in [0.1, 0.15) is 43.6 Å². The third-order valence-corrected chi connectivity index (χ3v) is 4.12. The lowest BCUT2D eigenvalue weighted by Crippen LogP contribution is -2.46. The molecule has 0 unspecified atom stereocenters. The summed E-state index contributed by atoms with van der Waals surface area (Å²) < 4.78 is 5.49. The molecule has 0 aliphatic carbocycles. The Kier molecular flexibility index (Phi) is 6.59. The highest BCUT2D eigenvalue weighted by atomic mass is 16.3. The van der Waals surface area contributed by atoms with E-state index in [0.29, 0.717) is 24.0 Å². The summed E-state index contributed by atoms with van der Waals surface area (Å²) in [7, 11) is 1.80.